The van der Waals surface area contributed by atoms with E-state index in [0.717, 1.165) is 25.0 Å². The summed E-state index contributed by atoms with van der Waals surface area (Å²) in [6.07, 6.45) is 6.03. The number of hydrogen-bond donors (Lipinski definition) is 0. The maximum Gasteiger partial charge on any atom is 0.516 e. The Morgan fingerprint density at radius 3 is 2.53 bits per heavy atom. The van der Waals surface area contributed by atoms with E-state index < -0.39 is 7.12 Å². The minimum Gasteiger partial charge on any atom is -0.398 e. The fourth-order valence-electron chi connectivity index (χ4n) is 2.39. The molecule has 0 radical (unpaired) electrons. The third-order valence-corrected chi connectivity index (χ3v) is 4.35. The monoisotopic (exact) mass is 264 g/mol. The van der Waals surface area contributed by atoms with Crippen molar-refractivity contribution >= 4 is 12.7 Å². The first kappa shape index (κ1) is 13.2. The van der Waals surface area contributed by atoms with Gasteiger partial charge in [-0.3, -0.25) is 0 Å². The van der Waals surface area contributed by atoms with E-state index in [1.807, 2.05) is 38.5 Å². The zero-order valence-electron chi connectivity index (χ0n) is 12.0. The number of aromatic nitrogens is 2. The van der Waals surface area contributed by atoms with Gasteiger partial charge in [0.25, 0.3) is 0 Å². The molecule has 1 aromatic rings. The highest BCUT2D eigenvalue weighted by Crippen LogP contribution is 2.36. The second-order valence-corrected chi connectivity index (χ2v) is 6.30. The standard InChI is InChI=1S/C13H21BN2O3/c1-12(2)13(3,4)19-14(18-12)10-8-16(9-15-10)11-6-5-7-17-11/h8-9,11H,5-7H2,1-4H3. The van der Waals surface area contributed by atoms with Crippen LogP contribution < -0.4 is 5.59 Å². The van der Waals surface area contributed by atoms with Gasteiger partial charge in [0.05, 0.1) is 23.1 Å². The Labute approximate surface area is 114 Å². The lowest BCUT2D eigenvalue weighted by atomic mass is 9.86. The first-order chi connectivity index (χ1) is 8.89. The molecule has 0 amide bonds. The molecule has 2 aliphatic rings. The zero-order chi connectivity index (χ0) is 13.7. The minimum absolute atomic E-state index is 0.115. The van der Waals surface area contributed by atoms with Gasteiger partial charge in [0.1, 0.15) is 6.23 Å². The van der Waals surface area contributed by atoms with Crippen LogP contribution in [0.4, 0.5) is 0 Å². The quantitative estimate of drug-likeness (QED) is 0.759. The van der Waals surface area contributed by atoms with Crippen LogP contribution >= 0.6 is 0 Å². The van der Waals surface area contributed by atoms with E-state index in [0.29, 0.717) is 0 Å². The Balaban J connectivity index is 1.77. The van der Waals surface area contributed by atoms with Gasteiger partial charge in [-0.2, -0.15) is 0 Å². The molecule has 6 heteroatoms. The molecular formula is C13H21BN2O3. The Morgan fingerprint density at radius 2 is 1.95 bits per heavy atom. The molecular weight excluding hydrogens is 243 g/mol. The summed E-state index contributed by atoms with van der Waals surface area (Å²) in [4.78, 5) is 4.41. The molecule has 19 heavy (non-hydrogen) atoms. The Bertz CT molecular complexity index is 450. The molecule has 5 nitrogen and oxygen atoms in total. The normalized spacial score (nSPS) is 29.1. The Morgan fingerprint density at radius 1 is 1.26 bits per heavy atom. The Kier molecular flexibility index (Phi) is 3.00. The topological polar surface area (TPSA) is 45.5 Å². The van der Waals surface area contributed by atoms with Crippen LogP contribution in [0.3, 0.4) is 0 Å². The molecule has 0 spiro atoms. The van der Waals surface area contributed by atoms with Crippen LogP contribution in [0.15, 0.2) is 12.5 Å². The lowest BCUT2D eigenvalue weighted by molar-refractivity contribution is 0.00578. The fourth-order valence-corrected chi connectivity index (χ4v) is 2.39. The molecule has 0 aliphatic carbocycles. The molecule has 2 saturated heterocycles. The number of imidazole rings is 1. The summed E-state index contributed by atoms with van der Waals surface area (Å²) in [5.41, 5.74) is 0.158. The third kappa shape index (κ3) is 2.22. The van der Waals surface area contributed by atoms with Gasteiger partial charge in [-0.25, -0.2) is 4.98 Å². The lowest BCUT2D eigenvalue weighted by Gasteiger charge is -2.32. The van der Waals surface area contributed by atoms with E-state index >= 15 is 0 Å². The molecule has 0 bridgehead atoms. The number of hydrogen-bond acceptors (Lipinski definition) is 4. The van der Waals surface area contributed by atoms with E-state index in [2.05, 4.69) is 4.98 Å². The van der Waals surface area contributed by atoms with Gasteiger partial charge in [0, 0.05) is 12.8 Å². The van der Waals surface area contributed by atoms with Crippen LogP contribution in [0.25, 0.3) is 0 Å². The molecule has 1 atom stereocenters. The second-order valence-electron chi connectivity index (χ2n) is 6.30. The number of nitrogens with zero attached hydrogens (tertiary/aromatic N) is 2. The van der Waals surface area contributed by atoms with Gasteiger partial charge in [0.2, 0.25) is 0 Å². The first-order valence-electron chi connectivity index (χ1n) is 6.90. The molecule has 104 valence electrons. The van der Waals surface area contributed by atoms with Crippen molar-refractivity contribution in [1.29, 1.82) is 0 Å². The van der Waals surface area contributed by atoms with Crippen molar-refractivity contribution in [3.8, 4) is 0 Å². The van der Waals surface area contributed by atoms with Gasteiger partial charge < -0.3 is 18.6 Å². The van der Waals surface area contributed by atoms with Gasteiger partial charge in [-0.05, 0) is 40.5 Å². The van der Waals surface area contributed by atoms with Crippen molar-refractivity contribution in [2.45, 2.75) is 58.0 Å². The van der Waals surface area contributed by atoms with Crippen molar-refractivity contribution in [2.24, 2.45) is 0 Å². The van der Waals surface area contributed by atoms with Gasteiger partial charge >= 0.3 is 7.12 Å². The summed E-state index contributed by atoms with van der Waals surface area (Å²) in [7, 11) is -0.396. The summed E-state index contributed by atoms with van der Waals surface area (Å²) in [6, 6.07) is 0. The first-order valence-corrected chi connectivity index (χ1v) is 6.90. The van der Waals surface area contributed by atoms with Crippen LogP contribution in [-0.2, 0) is 14.0 Å². The molecule has 3 rings (SSSR count). The largest absolute Gasteiger partial charge is 0.516 e. The lowest BCUT2D eigenvalue weighted by Crippen LogP contribution is -2.41. The zero-order valence-corrected chi connectivity index (χ0v) is 12.0. The predicted octanol–water partition coefficient (Wildman–Crippen LogP) is 1.49. The van der Waals surface area contributed by atoms with Crippen molar-refractivity contribution in [3.05, 3.63) is 12.5 Å². The van der Waals surface area contributed by atoms with E-state index in [-0.39, 0.29) is 17.4 Å². The predicted molar refractivity (Wildman–Crippen MR) is 72.2 cm³/mol. The van der Waals surface area contributed by atoms with Gasteiger partial charge in [-0.1, -0.05) is 0 Å². The average Bonchev–Trinajstić information content (AvgIpc) is 3.00. The third-order valence-electron chi connectivity index (χ3n) is 4.35. The summed E-state index contributed by atoms with van der Waals surface area (Å²) in [6.45, 7) is 9.01. The molecule has 0 saturated carbocycles. The highest BCUT2D eigenvalue weighted by atomic mass is 16.7. The van der Waals surface area contributed by atoms with E-state index in [4.69, 9.17) is 14.0 Å². The van der Waals surface area contributed by atoms with Crippen LogP contribution in [0.1, 0.15) is 46.8 Å². The van der Waals surface area contributed by atoms with E-state index in [9.17, 15) is 0 Å². The van der Waals surface area contributed by atoms with Gasteiger partial charge in [-0.15, -0.1) is 0 Å². The Hall–Kier alpha value is -0.845. The molecule has 2 fully saturated rings. The summed E-state index contributed by atoms with van der Waals surface area (Å²) < 4.78 is 19.6. The number of ether oxygens (including phenoxy) is 1. The maximum atomic E-state index is 5.99. The highest BCUT2D eigenvalue weighted by Gasteiger charge is 2.52. The van der Waals surface area contributed by atoms with Crippen molar-refractivity contribution in [2.75, 3.05) is 6.61 Å². The molecule has 0 aromatic carbocycles. The van der Waals surface area contributed by atoms with Crippen molar-refractivity contribution in [3.63, 3.8) is 0 Å². The average molecular weight is 264 g/mol. The van der Waals surface area contributed by atoms with Crippen LogP contribution in [0, 0.1) is 0 Å². The highest BCUT2D eigenvalue weighted by molar-refractivity contribution is 6.61. The van der Waals surface area contributed by atoms with E-state index in [1.54, 1.807) is 6.33 Å². The summed E-state index contributed by atoms with van der Waals surface area (Å²) >= 11 is 0. The number of rotatable bonds is 2. The van der Waals surface area contributed by atoms with Crippen molar-refractivity contribution < 1.29 is 14.0 Å². The summed E-state index contributed by atoms with van der Waals surface area (Å²) in [5, 5.41) is 0. The van der Waals surface area contributed by atoms with Crippen LogP contribution in [0.5, 0.6) is 0 Å². The maximum absolute atomic E-state index is 5.99. The molecule has 3 heterocycles. The van der Waals surface area contributed by atoms with Crippen molar-refractivity contribution in [1.82, 2.24) is 9.55 Å². The molecule has 1 unspecified atom stereocenters. The van der Waals surface area contributed by atoms with E-state index in [1.165, 1.54) is 0 Å². The SMILES string of the molecule is CC1(C)OB(c2cn(C3CCCO3)cn2)OC1(C)C. The second kappa shape index (κ2) is 4.33. The minimum atomic E-state index is -0.396. The van der Waals surface area contributed by atoms with Gasteiger partial charge in [0.15, 0.2) is 0 Å². The van der Waals surface area contributed by atoms with Crippen LogP contribution in [0.2, 0.25) is 0 Å². The molecule has 1 aromatic heterocycles. The molecule has 0 N–H and O–H groups in total. The fraction of sp³-hybridized carbons (Fsp3) is 0.769. The molecule has 2 aliphatic heterocycles. The van der Waals surface area contributed by atoms with Crippen LogP contribution in [-0.4, -0.2) is 34.5 Å². The smallest absolute Gasteiger partial charge is 0.398 e. The summed E-state index contributed by atoms with van der Waals surface area (Å²) in [5.74, 6) is 0.